The van der Waals surface area contributed by atoms with Crippen LogP contribution in [0.3, 0.4) is 0 Å². The fraction of sp³-hybridized carbons (Fsp3) is 0.231. The molecule has 0 aromatic heterocycles. The van der Waals surface area contributed by atoms with E-state index < -0.39 is 28.9 Å². The molecule has 0 spiro atoms. The Labute approximate surface area is 194 Å². The first kappa shape index (κ1) is 26.8. The van der Waals surface area contributed by atoms with Gasteiger partial charge in [-0.25, -0.2) is 0 Å². The standard InChI is InChI=1S/C26H24F6O2/c1-7-11-19-15-21(14-18(10-4)23(19)34-6)24(25(27,28)29,26(30,31)32)20-12-16(8-2)22(33-5)17(9-3)13-20/h7-10,12-15H,1-4,11H2,5-6H3. The second kappa shape index (κ2) is 9.83. The lowest BCUT2D eigenvalue weighted by Crippen LogP contribution is -2.55. The minimum Gasteiger partial charge on any atom is -0.496 e. The molecule has 2 aromatic carbocycles. The highest BCUT2D eigenvalue weighted by atomic mass is 19.4. The van der Waals surface area contributed by atoms with Gasteiger partial charge in [0.15, 0.2) is 0 Å². The van der Waals surface area contributed by atoms with Crippen LogP contribution in [0.1, 0.15) is 33.4 Å². The first-order valence-electron chi connectivity index (χ1n) is 9.93. The summed E-state index contributed by atoms with van der Waals surface area (Å²) >= 11 is 0. The Hall–Kier alpha value is -3.42. The lowest BCUT2D eigenvalue weighted by Gasteiger charge is -2.39. The second-order valence-corrected chi connectivity index (χ2v) is 7.30. The number of hydrogen-bond acceptors (Lipinski definition) is 2. The predicted molar refractivity (Wildman–Crippen MR) is 123 cm³/mol. The third-order valence-corrected chi connectivity index (χ3v) is 5.49. The normalized spacial score (nSPS) is 12.1. The van der Waals surface area contributed by atoms with Crippen molar-refractivity contribution in [3.05, 3.63) is 90.0 Å². The third kappa shape index (κ3) is 4.24. The van der Waals surface area contributed by atoms with Gasteiger partial charge in [-0.2, -0.15) is 26.3 Å². The van der Waals surface area contributed by atoms with Crippen LogP contribution >= 0.6 is 0 Å². The highest BCUT2D eigenvalue weighted by Gasteiger charge is 2.72. The van der Waals surface area contributed by atoms with Gasteiger partial charge < -0.3 is 9.47 Å². The van der Waals surface area contributed by atoms with Crippen molar-refractivity contribution in [1.82, 2.24) is 0 Å². The van der Waals surface area contributed by atoms with Crippen LogP contribution in [0.25, 0.3) is 18.2 Å². The van der Waals surface area contributed by atoms with Gasteiger partial charge >= 0.3 is 12.4 Å². The van der Waals surface area contributed by atoms with Gasteiger partial charge in [0, 0.05) is 16.7 Å². The molecule has 0 aliphatic heterocycles. The van der Waals surface area contributed by atoms with Gasteiger partial charge in [0.2, 0.25) is 5.41 Å². The number of alkyl halides is 6. The summed E-state index contributed by atoms with van der Waals surface area (Å²) in [5.74, 6) is 0.172. The Morgan fingerprint density at radius 2 is 1.06 bits per heavy atom. The summed E-state index contributed by atoms with van der Waals surface area (Å²) in [6.07, 6.45) is -6.84. The van der Waals surface area contributed by atoms with Crippen molar-refractivity contribution < 1.29 is 35.8 Å². The molecule has 0 saturated heterocycles. The van der Waals surface area contributed by atoms with Crippen molar-refractivity contribution >= 4 is 18.2 Å². The number of halogens is 6. The minimum absolute atomic E-state index is 0.0175. The van der Waals surface area contributed by atoms with Gasteiger partial charge in [0.1, 0.15) is 11.5 Å². The average Bonchev–Trinajstić information content (AvgIpc) is 2.76. The molecule has 0 aliphatic carbocycles. The number of allylic oxidation sites excluding steroid dienone is 1. The Morgan fingerprint density at radius 1 is 0.676 bits per heavy atom. The SMILES string of the molecule is C=CCc1cc(C(c2cc(C=C)c(OC)c(C=C)c2)(C(F)(F)F)C(F)(F)F)cc(C=C)c1OC. The molecule has 0 heterocycles. The lowest BCUT2D eigenvalue weighted by molar-refractivity contribution is -0.288. The molecule has 0 bridgehead atoms. The van der Waals surface area contributed by atoms with Crippen LogP contribution in [0.15, 0.2) is 56.7 Å². The molecular weight excluding hydrogens is 458 g/mol. The smallest absolute Gasteiger partial charge is 0.411 e. The summed E-state index contributed by atoms with van der Waals surface area (Å²) < 4.78 is 98.9. The minimum atomic E-state index is -5.78. The zero-order valence-corrected chi connectivity index (χ0v) is 18.7. The van der Waals surface area contributed by atoms with E-state index in [2.05, 4.69) is 26.3 Å². The van der Waals surface area contributed by atoms with Crippen molar-refractivity contribution in [3.63, 3.8) is 0 Å². The van der Waals surface area contributed by atoms with Crippen molar-refractivity contribution in [2.75, 3.05) is 14.2 Å². The van der Waals surface area contributed by atoms with Gasteiger partial charge in [-0.15, -0.1) is 6.58 Å². The highest BCUT2D eigenvalue weighted by Crippen LogP contribution is 2.57. The molecule has 0 unspecified atom stereocenters. The predicted octanol–water partition coefficient (Wildman–Crippen LogP) is 7.77. The largest absolute Gasteiger partial charge is 0.496 e. The van der Waals surface area contributed by atoms with Crippen LogP contribution in [-0.2, 0) is 11.8 Å². The van der Waals surface area contributed by atoms with Crippen molar-refractivity contribution in [2.24, 2.45) is 0 Å². The van der Waals surface area contributed by atoms with Crippen LogP contribution < -0.4 is 9.47 Å². The quantitative estimate of drug-likeness (QED) is 0.269. The number of ether oxygens (including phenoxy) is 2. The fourth-order valence-electron chi connectivity index (χ4n) is 4.05. The van der Waals surface area contributed by atoms with E-state index >= 15 is 0 Å². The van der Waals surface area contributed by atoms with Gasteiger partial charge in [0.25, 0.3) is 0 Å². The molecular formula is C26H24F6O2. The average molecular weight is 482 g/mol. The van der Waals surface area contributed by atoms with E-state index in [-0.39, 0.29) is 40.2 Å². The monoisotopic (exact) mass is 482 g/mol. The van der Waals surface area contributed by atoms with Gasteiger partial charge in [0.05, 0.1) is 14.2 Å². The first-order valence-corrected chi connectivity index (χ1v) is 9.93. The summed E-state index contributed by atoms with van der Waals surface area (Å²) in [6.45, 7) is 14.1. The van der Waals surface area contributed by atoms with Crippen molar-refractivity contribution in [3.8, 4) is 11.5 Å². The number of hydrogen-bond donors (Lipinski definition) is 0. The van der Waals surface area contributed by atoms with E-state index in [0.29, 0.717) is 0 Å². The Bertz CT molecular complexity index is 1070. The summed E-state index contributed by atoms with van der Waals surface area (Å²) in [4.78, 5) is 0. The van der Waals surface area contributed by atoms with Gasteiger partial charge in [-0.1, -0.05) is 50.1 Å². The molecule has 0 amide bonds. The molecule has 0 saturated carbocycles. The Morgan fingerprint density at radius 3 is 1.38 bits per heavy atom. The molecule has 2 rings (SSSR count). The Balaban J connectivity index is 3.20. The fourth-order valence-corrected chi connectivity index (χ4v) is 4.05. The molecule has 0 fully saturated rings. The summed E-state index contributed by atoms with van der Waals surface area (Å²) in [5.41, 5.74) is -6.48. The Kier molecular flexibility index (Phi) is 7.76. The summed E-state index contributed by atoms with van der Waals surface area (Å²) in [5, 5.41) is 0. The van der Waals surface area contributed by atoms with Crippen molar-refractivity contribution in [2.45, 2.75) is 24.2 Å². The first-order chi connectivity index (χ1) is 15.9. The zero-order chi connectivity index (χ0) is 25.9. The third-order valence-electron chi connectivity index (χ3n) is 5.49. The second-order valence-electron chi connectivity index (χ2n) is 7.30. The zero-order valence-electron chi connectivity index (χ0n) is 18.7. The van der Waals surface area contributed by atoms with E-state index in [0.717, 1.165) is 42.5 Å². The molecule has 2 nitrogen and oxygen atoms in total. The maximum absolute atomic E-state index is 14.8. The van der Waals surface area contributed by atoms with Crippen LogP contribution in [0.2, 0.25) is 0 Å². The van der Waals surface area contributed by atoms with E-state index in [1.807, 2.05) is 0 Å². The summed E-state index contributed by atoms with van der Waals surface area (Å²) in [7, 11) is 2.52. The highest BCUT2D eigenvalue weighted by molar-refractivity contribution is 5.70. The van der Waals surface area contributed by atoms with Crippen molar-refractivity contribution in [1.29, 1.82) is 0 Å². The number of rotatable bonds is 9. The topological polar surface area (TPSA) is 18.5 Å². The summed E-state index contributed by atoms with van der Waals surface area (Å²) in [6, 6.07) is 3.21. The van der Waals surface area contributed by atoms with E-state index in [4.69, 9.17) is 9.47 Å². The van der Waals surface area contributed by atoms with E-state index in [9.17, 15) is 26.3 Å². The van der Waals surface area contributed by atoms with E-state index in [1.54, 1.807) is 0 Å². The van der Waals surface area contributed by atoms with E-state index in [1.165, 1.54) is 20.3 Å². The molecule has 0 N–H and O–H groups in total. The number of benzene rings is 2. The van der Waals surface area contributed by atoms with Gasteiger partial charge in [-0.05, 0) is 41.3 Å². The lowest BCUT2D eigenvalue weighted by atomic mass is 9.71. The molecule has 34 heavy (non-hydrogen) atoms. The molecule has 2 aromatic rings. The van der Waals surface area contributed by atoms with Gasteiger partial charge in [-0.3, -0.25) is 0 Å². The molecule has 0 atom stereocenters. The molecule has 8 heteroatoms. The van der Waals surface area contributed by atoms with Crippen LogP contribution in [0.4, 0.5) is 26.3 Å². The molecule has 0 aliphatic rings. The van der Waals surface area contributed by atoms with Crippen LogP contribution in [0.5, 0.6) is 11.5 Å². The molecule has 0 radical (unpaired) electrons. The number of methoxy groups -OCH3 is 2. The molecule has 182 valence electrons. The van der Waals surface area contributed by atoms with Crippen LogP contribution in [0, 0.1) is 0 Å². The maximum atomic E-state index is 14.8. The van der Waals surface area contributed by atoms with Crippen LogP contribution in [-0.4, -0.2) is 26.6 Å². The maximum Gasteiger partial charge on any atom is 0.411 e.